The van der Waals surface area contributed by atoms with Gasteiger partial charge in [0.15, 0.2) is 5.78 Å². The van der Waals surface area contributed by atoms with Gasteiger partial charge in [0.1, 0.15) is 6.61 Å². The molecule has 0 aliphatic carbocycles. The lowest BCUT2D eigenvalue weighted by atomic mass is 9.93. The molecule has 1 atom stereocenters. The molecular weight excluding hydrogens is 190 g/mol. The van der Waals surface area contributed by atoms with Gasteiger partial charge in [0.25, 0.3) is 0 Å². The Bertz CT molecular complexity index is 169. The number of carbonyl (C=O) groups excluding carboxylic acids is 1. The Labute approximate surface area is 93.4 Å². The summed E-state index contributed by atoms with van der Waals surface area (Å²) >= 11 is 0. The molecule has 0 aromatic heterocycles. The highest BCUT2D eigenvalue weighted by Crippen LogP contribution is 2.14. The van der Waals surface area contributed by atoms with Gasteiger partial charge in [-0.3, -0.25) is 4.79 Å². The van der Waals surface area contributed by atoms with Gasteiger partial charge in [-0.2, -0.15) is 0 Å². The Morgan fingerprint density at radius 2 is 2.07 bits per heavy atom. The number of hydrogen-bond donors (Lipinski definition) is 1. The van der Waals surface area contributed by atoms with Crippen LogP contribution in [-0.4, -0.2) is 25.5 Å². The first-order chi connectivity index (χ1) is 7.10. The molecule has 2 N–H and O–H groups in total. The van der Waals surface area contributed by atoms with E-state index in [1.807, 2.05) is 6.92 Å². The minimum Gasteiger partial charge on any atom is -0.374 e. The van der Waals surface area contributed by atoms with Crippen LogP contribution in [-0.2, 0) is 9.53 Å². The summed E-state index contributed by atoms with van der Waals surface area (Å²) in [5.74, 6) is 1.10. The average molecular weight is 215 g/mol. The van der Waals surface area contributed by atoms with Crippen LogP contribution in [0, 0.1) is 11.8 Å². The second-order valence-corrected chi connectivity index (χ2v) is 4.53. The lowest BCUT2D eigenvalue weighted by molar-refractivity contribution is -0.124. The highest BCUT2D eigenvalue weighted by atomic mass is 16.5. The molecule has 0 aromatic rings. The SMILES string of the molecule is CCCOCC(=O)CC(CN)CC(C)C. The molecule has 90 valence electrons. The molecule has 0 aliphatic rings. The molecule has 0 radical (unpaired) electrons. The van der Waals surface area contributed by atoms with Crippen LogP contribution >= 0.6 is 0 Å². The number of hydrogen-bond acceptors (Lipinski definition) is 3. The van der Waals surface area contributed by atoms with Gasteiger partial charge in [0, 0.05) is 13.0 Å². The average Bonchev–Trinajstić information content (AvgIpc) is 2.16. The van der Waals surface area contributed by atoms with Crippen LogP contribution in [0.5, 0.6) is 0 Å². The lowest BCUT2D eigenvalue weighted by Crippen LogP contribution is -2.22. The highest BCUT2D eigenvalue weighted by Gasteiger charge is 2.13. The van der Waals surface area contributed by atoms with E-state index >= 15 is 0 Å². The van der Waals surface area contributed by atoms with Crippen molar-refractivity contribution in [3.63, 3.8) is 0 Å². The van der Waals surface area contributed by atoms with E-state index in [1.165, 1.54) is 0 Å². The molecule has 3 nitrogen and oxygen atoms in total. The molecule has 0 amide bonds. The first kappa shape index (κ1) is 14.6. The molecule has 1 unspecified atom stereocenters. The van der Waals surface area contributed by atoms with Gasteiger partial charge in [-0.05, 0) is 31.2 Å². The van der Waals surface area contributed by atoms with E-state index in [9.17, 15) is 4.79 Å². The van der Waals surface area contributed by atoms with Crippen LogP contribution in [0.4, 0.5) is 0 Å². The maximum Gasteiger partial charge on any atom is 0.158 e. The van der Waals surface area contributed by atoms with Gasteiger partial charge in [0.2, 0.25) is 0 Å². The van der Waals surface area contributed by atoms with Gasteiger partial charge >= 0.3 is 0 Å². The number of Topliss-reactive ketones (excluding diaryl/α,β-unsaturated/α-hetero) is 1. The number of nitrogens with two attached hydrogens (primary N) is 1. The Morgan fingerprint density at radius 1 is 1.40 bits per heavy atom. The highest BCUT2D eigenvalue weighted by molar-refractivity contribution is 5.79. The molecule has 15 heavy (non-hydrogen) atoms. The van der Waals surface area contributed by atoms with Crippen molar-refractivity contribution >= 4 is 5.78 Å². The van der Waals surface area contributed by atoms with Crippen molar-refractivity contribution in [3.8, 4) is 0 Å². The largest absolute Gasteiger partial charge is 0.374 e. The molecule has 0 saturated carbocycles. The Balaban J connectivity index is 3.70. The maximum absolute atomic E-state index is 11.5. The third-order valence-corrected chi connectivity index (χ3v) is 2.27. The van der Waals surface area contributed by atoms with Gasteiger partial charge in [0.05, 0.1) is 0 Å². The molecule has 3 heteroatoms. The van der Waals surface area contributed by atoms with Crippen molar-refractivity contribution in [3.05, 3.63) is 0 Å². The van der Waals surface area contributed by atoms with Crippen molar-refractivity contribution in [2.24, 2.45) is 17.6 Å². The molecule has 0 aromatic carbocycles. The number of ether oxygens (including phenoxy) is 1. The summed E-state index contributed by atoms with van der Waals surface area (Å²) in [5.41, 5.74) is 5.63. The zero-order valence-electron chi connectivity index (χ0n) is 10.3. The molecule has 0 bridgehead atoms. The van der Waals surface area contributed by atoms with Gasteiger partial charge in [-0.15, -0.1) is 0 Å². The Kier molecular flexibility index (Phi) is 8.62. The Hall–Kier alpha value is -0.410. The first-order valence-corrected chi connectivity index (χ1v) is 5.89. The van der Waals surface area contributed by atoms with Crippen molar-refractivity contribution in [2.45, 2.75) is 40.0 Å². The predicted molar refractivity (Wildman–Crippen MR) is 62.7 cm³/mol. The van der Waals surface area contributed by atoms with Gasteiger partial charge < -0.3 is 10.5 Å². The van der Waals surface area contributed by atoms with Gasteiger partial charge in [-0.25, -0.2) is 0 Å². The molecule has 0 saturated heterocycles. The van der Waals surface area contributed by atoms with Crippen LogP contribution < -0.4 is 5.73 Å². The van der Waals surface area contributed by atoms with E-state index in [1.54, 1.807) is 0 Å². The number of ketones is 1. The zero-order chi connectivity index (χ0) is 11.7. The van der Waals surface area contributed by atoms with Crippen LogP contribution in [0.25, 0.3) is 0 Å². The molecule has 0 aliphatic heterocycles. The third kappa shape index (κ3) is 8.58. The van der Waals surface area contributed by atoms with Crippen LogP contribution in [0.2, 0.25) is 0 Å². The monoisotopic (exact) mass is 215 g/mol. The van der Waals surface area contributed by atoms with E-state index in [4.69, 9.17) is 10.5 Å². The predicted octanol–water partition coefficient (Wildman–Crippen LogP) is 1.99. The summed E-state index contributed by atoms with van der Waals surface area (Å²) in [4.78, 5) is 11.5. The normalized spacial score (nSPS) is 13.1. The summed E-state index contributed by atoms with van der Waals surface area (Å²) < 4.78 is 5.20. The van der Waals surface area contributed by atoms with Crippen molar-refractivity contribution in [1.82, 2.24) is 0 Å². The molecule has 0 spiro atoms. The second-order valence-electron chi connectivity index (χ2n) is 4.53. The minimum absolute atomic E-state index is 0.180. The fourth-order valence-corrected chi connectivity index (χ4v) is 1.64. The van der Waals surface area contributed by atoms with Crippen LogP contribution in [0.3, 0.4) is 0 Å². The quantitative estimate of drug-likeness (QED) is 0.598. The third-order valence-electron chi connectivity index (χ3n) is 2.27. The van der Waals surface area contributed by atoms with Gasteiger partial charge in [-0.1, -0.05) is 20.8 Å². The van der Waals surface area contributed by atoms with E-state index < -0.39 is 0 Å². The van der Waals surface area contributed by atoms with Crippen molar-refractivity contribution < 1.29 is 9.53 Å². The van der Waals surface area contributed by atoms with Crippen LogP contribution in [0.1, 0.15) is 40.0 Å². The second kappa shape index (κ2) is 8.86. The number of carbonyl (C=O) groups is 1. The Morgan fingerprint density at radius 3 is 2.53 bits per heavy atom. The fraction of sp³-hybridized carbons (Fsp3) is 0.917. The van der Waals surface area contributed by atoms with E-state index in [2.05, 4.69) is 13.8 Å². The smallest absolute Gasteiger partial charge is 0.158 e. The summed E-state index contributed by atoms with van der Waals surface area (Å²) in [7, 11) is 0. The standard InChI is InChI=1S/C12H25NO2/c1-4-5-15-9-12(14)7-11(8-13)6-10(2)3/h10-11H,4-9,13H2,1-3H3. The molecule has 0 fully saturated rings. The fourth-order valence-electron chi connectivity index (χ4n) is 1.64. The molecule has 0 rings (SSSR count). The molecular formula is C12H25NO2. The maximum atomic E-state index is 11.5. The number of rotatable bonds is 9. The minimum atomic E-state index is 0.180. The van der Waals surface area contributed by atoms with E-state index in [0.29, 0.717) is 31.4 Å². The van der Waals surface area contributed by atoms with Crippen molar-refractivity contribution in [1.29, 1.82) is 0 Å². The van der Waals surface area contributed by atoms with Crippen LogP contribution in [0.15, 0.2) is 0 Å². The summed E-state index contributed by atoms with van der Waals surface area (Å²) in [5, 5.41) is 0. The molecule has 0 heterocycles. The van der Waals surface area contributed by atoms with Crippen molar-refractivity contribution in [2.75, 3.05) is 19.8 Å². The zero-order valence-corrected chi connectivity index (χ0v) is 10.3. The summed E-state index contributed by atoms with van der Waals surface area (Å²) in [6, 6.07) is 0. The lowest BCUT2D eigenvalue weighted by Gasteiger charge is -2.15. The summed E-state index contributed by atoms with van der Waals surface area (Å²) in [6.07, 6.45) is 2.55. The topological polar surface area (TPSA) is 52.3 Å². The van der Waals surface area contributed by atoms with E-state index in [-0.39, 0.29) is 12.4 Å². The first-order valence-electron chi connectivity index (χ1n) is 5.89. The summed E-state index contributed by atoms with van der Waals surface area (Å²) in [6.45, 7) is 7.86. The van der Waals surface area contributed by atoms with E-state index in [0.717, 1.165) is 12.8 Å².